The van der Waals surface area contributed by atoms with Gasteiger partial charge < -0.3 is 0 Å². The van der Waals surface area contributed by atoms with E-state index in [1.165, 1.54) is 41.5 Å². The van der Waals surface area contributed by atoms with Crippen LogP contribution in [0.15, 0.2) is 12.1 Å². The minimum atomic E-state index is 0.355. The standard InChI is InChI=1S/C24H33S/c1-14-11-16(3)22-13-23(25(7)8)24-17(4)12-15(2)21(19(24)6)10-9-20(14)18(22)5/h11-12,23H,9-10,13H2,1-8H3/q+1. The number of hydrogen-bond acceptors (Lipinski definition) is 0. The van der Waals surface area contributed by atoms with Crippen molar-refractivity contribution >= 4 is 10.9 Å². The Morgan fingerprint density at radius 1 is 0.680 bits per heavy atom. The molecule has 2 aromatic carbocycles. The van der Waals surface area contributed by atoms with Crippen LogP contribution in [0.3, 0.4) is 0 Å². The second-order valence-corrected chi connectivity index (χ2v) is 10.5. The summed E-state index contributed by atoms with van der Waals surface area (Å²) in [6.07, 6.45) is 8.38. The van der Waals surface area contributed by atoms with E-state index in [1.54, 1.807) is 33.4 Å². The molecule has 0 radical (unpaired) electrons. The van der Waals surface area contributed by atoms with E-state index < -0.39 is 0 Å². The van der Waals surface area contributed by atoms with E-state index in [0.29, 0.717) is 16.1 Å². The zero-order valence-corrected chi connectivity index (χ0v) is 18.1. The van der Waals surface area contributed by atoms with Gasteiger partial charge in [-0.2, -0.15) is 0 Å². The van der Waals surface area contributed by atoms with E-state index in [4.69, 9.17) is 0 Å². The van der Waals surface area contributed by atoms with Gasteiger partial charge in [0.1, 0.15) is 5.25 Å². The summed E-state index contributed by atoms with van der Waals surface area (Å²) in [5.41, 5.74) is 15.5. The van der Waals surface area contributed by atoms with Crippen molar-refractivity contribution in [2.75, 3.05) is 12.5 Å². The predicted octanol–water partition coefficient (Wildman–Crippen LogP) is 5.80. The first-order chi connectivity index (χ1) is 11.7. The van der Waals surface area contributed by atoms with Crippen molar-refractivity contribution in [1.82, 2.24) is 0 Å². The van der Waals surface area contributed by atoms with E-state index in [9.17, 15) is 0 Å². The Hall–Kier alpha value is -1.21. The fourth-order valence-corrected chi connectivity index (χ4v) is 6.37. The monoisotopic (exact) mass is 353 g/mol. The molecule has 0 heterocycles. The lowest BCUT2D eigenvalue weighted by Crippen LogP contribution is -2.20. The quantitative estimate of drug-likeness (QED) is 0.569. The molecule has 1 unspecified atom stereocenters. The lowest BCUT2D eigenvalue weighted by molar-refractivity contribution is 0.836. The maximum Gasteiger partial charge on any atom is 0.147 e. The van der Waals surface area contributed by atoms with Crippen LogP contribution in [0, 0.1) is 41.5 Å². The molecule has 1 heteroatoms. The third-order valence-electron chi connectivity index (χ3n) is 6.39. The van der Waals surface area contributed by atoms with Gasteiger partial charge in [-0.15, -0.1) is 0 Å². The Bertz CT molecular complexity index is 827. The first-order valence-corrected chi connectivity index (χ1v) is 11.6. The molecule has 1 aliphatic carbocycles. The largest absolute Gasteiger partial charge is 0.147 e. The zero-order valence-electron chi connectivity index (χ0n) is 17.3. The molecular weight excluding hydrogens is 320 g/mol. The van der Waals surface area contributed by atoms with Crippen LogP contribution in [-0.2, 0) is 30.2 Å². The molecule has 0 amide bonds. The van der Waals surface area contributed by atoms with Crippen LogP contribution in [-0.4, -0.2) is 12.5 Å². The highest BCUT2D eigenvalue weighted by molar-refractivity contribution is 7.95. The number of aryl methyl sites for hydroxylation is 4. The summed E-state index contributed by atoms with van der Waals surface area (Å²) in [6, 6.07) is 4.88. The number of hydrogen-bond donors (Lipinski definition) is 0. The fourth-order valence-electron chi connectivity index (χ4n) is 5.03. The highest BCUT2D eigenvalue weighted by Gasteiger charge is 2.31. The van der Waals surface area contributed by atoms with Crippen molar-refractivity contribution in [2.45, 2.75) is 66.1 Å². The molecule has 0 spiro atoms. The van der Waals surface area contributed by atoms with E-state index in [0.717, 1.165) is 0 Å². The lowest BCUT2D eigenvalue weighted by atomic mass is 9.82. The number of rotatable bonds is 1. The fraction of sp³-hybridized carbons (Fsp3) is 0.500. The van der Waals surface area contributed by atoms with Gasteiger partial charge in [-0.3, -0.25) is 0 Å². The Morgan fingerprint density at radius 3 is 1.72 bits per heavy atom. The summed E-state index contributed by atoms with van der Waals surface area (Å²) >= 11 is 0. The van der Waals surface area contributed by atoms with Gasteiger partial charge in [0.15, 0.2) is 0 Å². The minimum absolute atomic E-state index is 0.355. The number of fused-ring (bicyclic) bond motifs is 4. The highest BCUT2D eigenvalue weighted by Crippen LogP contribution is 2.38. The molecule has 25 heavy (non-hydrogen) atoms. The Labute approximate surface area is 157 Å². The second kappa shape index (κ2) is 6.83. The van der Waals surface area contributed by atoms with Crippen molar-refractivity contribution in [3.63, 3.8) is 0 Å². The predicted molar refractivity (Wildman–Crippen MR) is 114 cm³/mol. The van der Waals surface area contributed by atoms with Gasteiger partial charge in [0.05, 0.1) is 12.5 Å². The molecule has 0 aliphatic heterocycles. The van der Waals surface area contributed by atoms with Crippen molar-refractivity contribution in [1.29, 1.82) is 0 Å². The number of benzene rings is 2. The summed E-state index contributed by atoms with van der Waals surface area (Å²) in [6.45, 7) is 14.0. The molecule has 0 saturated carbocycles. The van der Waals surface area contributed by atoms with Gasteiger partial charge in [0.25, 0.3) is 0 Å². The molecule has 1 aliphatic rings. The van der Waals surface area contributed by atoms with Crippen LogP contribution in [0.5, 0.6) is 0 Å². The molecular formula is C24H33S+. The van der Waals surface area contributed by atoms with Crippen molar-refractivity contribution in [3.8, 4) is 0 Å². The molecule has 2 aromatic rings. The second-order valence-electron chi connectivity index (χ2n) is 8.19. The van der Waals surface area contributed by atoms with Gasteiger partial charge in [-0.1, -0.05) is 12.1 Å². The average molecular weight is 354 g/mol. The van der Waals surface area contributed by atoms with Gasteiger partial charge in [0.2, 0.25) is 0 Å². The van der Waals surface area contributed by atoms with Gasteiger partial charge in [0, 0.05) is 12.0 Å². The van der Waals surface area contributed by atoms with Crippen LogP contribution >= 0.6 is 0 Å². The van der Waals surface area contributed by atoms with E-state index >= 15 is 0 Å². The maximum atomic E-state index is 2.44. The van der Waals surface area contributed by atoms with Crippen LogP contribution in [0.1, 0.15) is 60.9 Å². The maximum absolute atomic E-state index is 2.44. The highest BCUT2D eigenvalue weighted by atomic mass is 32.2. The van der Waals surface area contributed by atoms with Crippen molar-refractivity contribution in [2.24, 2.45) is 0 Å². The molecule has 3 rings (SSSR count). The summed E-state index contributed by atoms with van der Waals surface area (Å²) in [5.74, 6) is 0. The van der Waals surface area contributed by atoms with E-state index in [-0.39, 0.29) is 0 Å². The first kappa shape index (κ1) is 18.6. The summed E-state index contributed by atoms with van der Waals surface area (Å²) in [7, 11) is 0.355. The average Bonchev–Trinajstić information content (AvgIpc) is 2.50. The normalized spacial score (nSPS) is 17.1. The topological polar surface area (TPSA) is 0 Å². The van der Waals surface area contributed by atoms with Crippen LogP contribution in [0.25, 0.3) is 0 Å². The van der Waals surface area contributed by atoms with Crippen molar-refractivity contribution in [3.05, 3.63) is 67.8 Å². The van der Waals surface area contributed by atoms with Gasteiger partial charge in [-0.25, -0.2) is 0 Å². The van der Waals surface area contributed by atoms with Gasteiger partial charge in [-0.05, 0) is 115 Å². The van der Waals surface area contributed by atoms with E-state index in [1.807, 2.05) is 0 Å². The Balaban J connectivity index is 2.30. The minimum Gasteiger partial charge on any atom is -0.0558 e. The molecule has 0 aromatic heterocycles. The summed E-state index contributed by atoms with van der Waals surface area (Å²) < 4.78 is 0. The Morgan fingerprint density at radius 2 is 1.16 bits per heavy atom. The smallest absolute Gasteiger partial charge is 0.0558 e. The van der Waals surface area contributed by atoms with Crippen LogP contribution < -0.4 is 0 Å². The molecule has 134 valence electrons. The van der Waals surface area contributed by atoms with Crippen LogP contribution in [0.2, 0.25) is 0 Å². The molecule has 0 fully saturated rings. The molecule has 1 atom stereocenters. The molecule has 0 nitrogen and oxygen atoms in total. The third-order valence-corrected chi connectivity index (χ3v) is 7.93. The molecule has 0 saturated heterocycles. The SMILES string of the molecule is Cc1cc(C)c2c(C)c1CCc1c(C)cc(C)c(c1C)C([S+](C)C)C2. The van der Waals surface area contributed by atoms with Crippen molar-refractivity contribution < 1.29 is 0 Å². The molecule has 4 bridgehead atoms. The third kappa shape index (κ3) is 3.16. The molecule has 0 N–H and O–H groups in total. The van der Waals surface area contributed by atoms with E-state index in [2.05, 4.69) is 66.2 Å². The Kier molecular flexibility index (Phi) is 5.08. The lowest BCUT2D eigenvalue weighted by Gasteiger charge is -2.27. The first-order valence-electron chi connectivity index (χ1n) is 9.46. The summed E-state index contributed by atoms with van der Waals surface area (Å²) in [5, 5.41) is 0.630. The van der Waals surface area contributed by atoms with Crippen LogP contribution in [0.4, 0.5) is 0 Å². The van der Waals surface area contributed by atoms with Gasteiger partial charge >= 0.3 is 0 Å². The summed E-state index contributed by atoms with van der Waals surface area (Å²) in [4.78, 5) is 0. The zero-order chi connectivity index (χ0) is 18.5.